The highest BCUT2D eigenvalue weighted by Crippen LogP contribution is 2.34. The number of amides is 1. The van der Waals surface area contributed by atoms with Gasteiger partial charge in [-0.05, 0) is 38.8 Å². The zero-order valence-electron chi connectivity index (χ0n) is 14.5. The van der Waals surface area contributed by atoms with Gasteiger partial charge >= 0.3 is 0 Å². The van der Waals surface area contributed by atoms with Gasteiger partial charge in [0, 0.05) is 19.3 Å². The first-order valence-electron chi connectivity index (χ1n) is 8.74. The molecule has 1 aromatic carbocycles. The number of carbonyl (C=O) groups excluding carboxylic acids is 1. The second kappa shape index (κ2) is 6.27. The Bertz CT molecular complexity index is 915. The molecule has 25 heavy (non-hydrogen) atoms. The summed E-state index contributed by atoms with van der Waals surface area (Å²) in [5.41, 5.74) is 3.31. The van der Waals surface area contributed by atoms with Gasteiger partial charge in [-0.15, -0.1) is 0 Å². The van der Waals surface area contributed by atoms with E-state index in [0.29, 0.717) is 5.69 Å². The Labute approximate surface area is 146 Å². The quantitative estimate of drug-likeness (QED) is 0.738. The summed E-state index contributed by atoms with van der Waals surface area (Å²) in [6, 6.07) is 8.13. The third-order valence-corrected chi connectivity index (χ3v) is 4.81. The predicted molar refractivity (Wildman–Crippen MR) is 95.2 cm³/mol. The third-order valence-electron chi connectivity index (χ3n) is 4.81. The van der Waals surface area contributed by atoms with E-state index in [4.69, 9.17) is 4.98 Å². The van der Waals surface area contributed by atoms with Crippen LogP contribution in [0.1, 0.15) is 47.8 Å². The van der Waals surface area contributed by atoms with Gasteiger partial charge in [0.05, 0.1) is 29.0 Å². The van der Waals surface area contributed by atoms with E-state index in [1.165, 1.54) is 0 Å². The average Bonchev–Trinajstić information content (AvgIpc) is 3.25. The summed E-state index contributed by atoms with van der Waals surface area (Å²) in [5, 5.41) is 0. The lowest BCUT2D eigenvalue weighted by atomic mass is 10.2. The fraction of sp³-hybridized carbons (Fsp3) is 0.368. The summed E-state index contributed by atoms with van der Waals surface area (Å²) in [6.07, 6.45) is 5.10. The standard InChI is InChI=1S/C19H21N5O/c1-3-23-16-8-5-4-7-14(16)22-18(23)17-9-6-10-24(17)19(25)15-12-20-13(2)11-21-15/h4-5,7-8,11-12,17H,3,6,9-10H2,1-2H3. The van der Waals surface area contributed by atoms with E-state index in [0.717, 1.165) is 48.5 Å². The molecule has 0 saturated carbocycles. The summed E-state index contributed by atoms with van der Waals surface area (Å²) in [7, 11) is 0. The molecule has 128 valence electrons. The van der Waals surface area contributed by atoms with E-state index in [1.54, 1.807) is 12.4 Å². The fourth-order valence-corrected chi connectivity index (χ4v) is 3.61. The van der Waals surface area contributed by atoms with Gasteiger partial charge < -0.3 is 9.47 Å². The molecule has 1 unspecified atom stereocenters. The molecule has 0 aliphatic carbocycles. The zero-order chi connectivity index (χ0) is 17.4. The monoisotopic (exact) mass is 335 g/mol. The summed E-state index contributed by atoms with van der Waals surface area (Å²) in [6.45, 7) is 5.54. The first-order chi connectivity index (χ1) is 12.2. The number of rotatable bonds is 3. The fourth-order valence-electron chi connectivity index (χ4n) is 3.61. The van der Waals surface area contributed by atoms with Crippen LogP contribution >= 0.6 is 0 Å². The number of hydrogen-bond acceptors (Lipinski definition) is 4. The third kappa shape index (κ3) is 2.67. The maximum Gasteiger partial charge on any atom is 0.274 e. The Kier molecular flexibility index (Phi) is 3.95. The Hall–Kier alpha value is -2.76. The molecule has 0 N–H and O–H groups in total. The second-order valence-corrected chi connectivity index (χ2v) is 6.40. The maximum absolute atomic E-state index is 12.9. The smallest absolute Gasteiger partial charge is 0.274 e. The number of carbonyl (C=O) groups is 1. The molecular formula is C19H21N5O. The number of benzene rings is 1. The van der Waals surface area contributed by atoms with Crippen molar-refractivity contribution in [2.24, 2.45) is 0 Å². The minimum atomic E-state index is -0.0651. The summed E-state index contributed by atoms with van der Waals surface area (Å²) in [5.74, 6) is 0.902. The van der Waals surface area contributed by atoms with Crippen LogP contribution in [-0.2, 0) is 6.54 Å². The van der Waals surface area contributed by atoms with E-state index in [2.05, 4.69) is 27.5 Å². The molecule has 0 spiro atoms. The van der Waals surface area contributed by atoms with Crippen LogP contribution in [0.25, 0.3) is 11.0 Å². The van der Waals surface area contributed by atoms with E-state index in [1.807, 2.05) is 30.0 Å². The van der Waals surface area contributed by atoms with Crippen molar-refractivity contribution in [1.29, 1.82) is 0 Å². The van der Waals surface area contributed by atoms with Crippen LogP contribution in [0.5, 0.6) is 0 Å². The van der Waals surface area contributed by atoms with Crippen molar-refractivity contribution >= 4 is 16.9 Å². The number of imidazole rings is 1. The topological polar surface area (TPSA) is 63.9 Å². The molecular weight excluding hydrogens is 314 g/mol. The summed E-state index contributed by atoms with van der Waals surface area (Å²) >= 11 is 0. The van der Waals surface area contributed by atoms with Crippen molar-refractivity contribution in [3.8, 4) is 0 Å². The van der Waals surface area contributed by atoms with Gasteiger partial charge in [0.1, 0.15) is 11.5 Å². The van der Waals surface area contributed by atoms with Crippen LogP contribution in [0.15, 0.2) is 36.7 Å². The van der Waals surface area contributed by atoms with Crippen LogP contribution in [0.3, 0.4) is 0 Å². The Morgan fingerprint density at radius 3 is 2.84 bits per heavy atom. The first kappa shape index (κ1) is 15.7. The van der Waals surface area contributed by atoms with E-state index in [9.17, 15) is 4.79 Å². The molecule has 0 radical (unpaired) electrons. The molecule has 6 nitrogen and oxygen atoms in total. The molecule has 4 rings (SSSR count). The largest absolute Gasteiger partial charge is 0.327 e. The van der Waals surface area contributed by atoms with Gasteiger partial charge in [-0.3, -0.25) is 9.78 Å². The predicted octanol–water partition coefficient (Wildman–Crippen LogP) is 3.13. The molecule has 0 bridgehead atoms. The molecule has 3 aromatic rings. The number of nitrogens with zero attached hydrogens (tertiary/aromatic N) is 5. The molecule has 1 saturated heterocycles. The van der Waals surface area contributed by atoms with Crippen molar-refractivity contribution in [3.05, 3.63) is 53.9 Å². The highest BCUT2D eigenvalue weighted by atomic mass is 16.2. The molecule has 1 amide bonds. The Balaban J connectivity index is 1.72. The van der Waals surface area contributed by atoms with Gasteiger partial charge in [-0.1, -0.05) is 12.1 Å². The van der Waals surface area contributed by atoms with Crippen molar-refractivity contribution in [2.75, 3.05) is 6.54 Å². The molecule has 1 fully saturated rings. The first-order valence-corrected chi connectivity index (χ1v) is 8.74. The number of aromatic nitrogens is 4. The van der Waals surface area contributed by atoms with Crippen LogP contribution in [0.2, 0.25) is 0 Å². The molecule has 6 heteroatoms. The van der Waals surface area contributed by atoms with Crippen molar-refractivity contribution in [3.63, 3.8) is 0 Å². The minimum Gasteiger partial charge on any atom is -0.327 e. The van der Waals surface area contributed by atoms with Gasteiger partial charge in [-0.25, -0.2) is 9.97 Å². The molecule has 2 aromatic heterocycles. The molecule has 1 aliphatic rings. The van der Waals surface area contributed by atoms with Crippen molar-refractivity contribution in [1.82, 2.24) is 24.4 Å². The highest BCUT2D eigenvalue weighted by molar-refractivity contribution is 5.92. The maximum atomic E-state index is 12.9. The van der Waals surface area contributed by atoms with Gasteiger partial charge in [-0.2, -0.15) is 0 Å². The van der Waals surface area contributed by atoms with Crippen molar-refractivity contribution in [2.45, 2.75) is 39.3 Å². The Morgan fingerprint density at radius 1 is 1.24 bits per heavy atom. The van der Waals surface area contributed by atoms with Gasteiger partial charge in [0.15, 0.2) is 0 Å². The van der Waals surface area contributed by atoms with Crippen LogP contribution in [-0.4, -0.2) is 36.9 Å². The van der Waals surface area contributed by atoms with Crippen LogP contribution < -0.4 is 0 Å². The highest BCUT2D eigenvalue weighted by Gasteiger charge is 2.34. The SMILES string of the molecule is CCn1c(C2CCCN2C(=O)c2cnc(C)cn2)nc2ccccc21. The molecule has 1 aliphatic heterocycles. The van der Waals surface area contributed by atoms with E-state index < -0.39 is 0 Å². The lowest BCUT2D eigenvalue weighted by Crippen LogP contribution is -2.32. The number of hydrogen-bond donors (Lipinski definition) is 0. The lowest BCUT2D eigenvalue weighted by molar-refractivity contribution is 0.0721. The molecule has 3 heterocycles. The summed E-state index contributed by atoms with van der Waals surface area (Å²) < 4.78 is 2.21. The van der Waals surface area contributed by atoms with E-state index >= 15 is 0 Å². The van der Waals surface area contributed by atoms with Gasteiger partial charge in [0.25, 0.3) is 5.91 Å². The second-order valence-electron chi connectivity index (χ2n) is 6.40. The van der Waals surface area contributed by atoms with Gasteiger partial charge in [0.2, 0.25) is 0 Å². The zero-order valence-corrected chi connectivity index (χ0v) is 14.5. The molecule has 1 atom stereocenters. The number of fused-ring (bicyclic) bond motifs is 1. The van der Waals surface area contributed by atoms with E-state index in [-0.39, 0.29) is 11.9 Å². The number of para-hydroxylation sites is 2. The van der Waals surface area contributed by atoms with Crippen molar-refractivity contribution < 1.29 is 4.79 Å². The average molecular weight is 335 g/mol. The number of aryl methyl sites for hydroxylation is 2. The van der Waals surface area contributed by atoms with Crippen LogP contribution in [0, 0.1) is 6.92 Å². The summed E-state index contributed by atoms with van der Waals surface area (Å²) in [4.78, 5) is 28.1. The number of likely N-dealkylation sites (tertiary alicyclic amines) is 1. The Morgan fingerprint density at radius 2 is 2.08 bits per heavy atom. The minimum absolute atomic E-state index is 0.0112. The normalized spacial score (nSPS) is 17.4. The lowest BCUT2D eigenvalue weighted by Gasteiger charge is -2.24. The van der Waals surface area contributed by atoms with Crippen LogP contribution in [0.4, 0.5) is 0 Å².